The van der Waals surface area contributed by atoms with Crippen LogP contribution in [-0.2, 0) is 22.6 Å². The van der Waals surface area contributed by atoms with E-state index in [1.165, 1.54) is 0 Å². The van der Waals surface area contributed by atoms with Crippen molar-refractivity contribution in [2.45, 2.75) is 19.0 Å². The Bertz CT molecular complexity index is 935. The molecule has 2 heterocycles. The van der Waals surface area contributed by atoms with Gasteiger partial charge < -0.3 is 10.2 Å². The highest BCUT2D eigenvalue weighted by Crippen LogP contribution is 2.14. The van der Waals surface area contributed by atoms with Gasteiger partial charge in [-0.15, -0.1) is 0 Å². The van der Waals surface area contributed by atoms with Crippen LogP contribution in [0.3, 0.4) is 0 Å². The number of piperazine rings is 1. The summed E-state index contributed by atoms with van der Waals surface area (Å²) < 4.78 is 1.69. The lowest BCUT2D eigenvalue weighted by atomic mass is 10.0. The second-order valence-corrected chi connectivity index (χ2v) is 6.59. The summed E-state index contributed by atoms with van der Waals surface area (Å²) in [5.74, 6) is -0.206. The Balaban J connectivity index is 1.46. The topological polar surface area (TPSA) is 67.2 Å². The molecule has 0 unspecified atom stereocenters. The first-order valence-corrected chi connectivity index (χ1v) is 8.70. The summed E-state index contributed by atoms with van der Waals surface area (Å²) in [6.07, 6.45) is 2.46. The molecule has 6 nitrogen and oxygen atoms in total. The van der Waals surface area contributed by atoms with E-state index >= 15 is 0 Å². The molecule has 1 atom stereocenters. The number of carbonyl (C=O) groups excluding carboxylic acids is 2. The van der Waals surface area contributed by atoms with Gasteiger partial charge in [0.05, 0.1) is 24.3 Å². The quantitative estimate of drug-likeness (QED) is 0.779. The van der Waals surface area contributed by atoms with E-state index in [0.29, 0.717) is 13.0 Å². The fourth-order valence-corrected chi connectivity index (χ4v) is 3.41. The molecule has 1 aliphatic rings. The number of benzene rings is 2. The van der Waals surface area contributed by atoms with Crippen LogP contribution in [0.2, 0.25) is 0 Å². The number of carbonyl (C=O) groups is 2. The second-order valence-electron chi connectivity index (χ2n) is 6.59. The molecule has 26 heavy (non-hydrogen) atoms. The van der Waals surface area contributed by atoms with E-state index in [0.717, 1.165) is 16.5 Å². The third-order valence-corrected chi connectivity index (χ3v) is 4.65. The van der Waals surface area contributed by atoms with E-state index in [-0.39, 0.29) is 30.9 Å². The number of hydrogen-bond donors (Lipinski definition) is 1. The molecule has 0 radical (unpaired) electrons. The molecule has 0 aliphatic carbocycles. The van der Waals surface area contributed by atoms with Crippen molar-refractivity contribution in [3.05, 3.63) is 66.4 Å². The molecule has 2 amide bonds. The molecule has 4 rings (SSSR count). The van der Waals surface area contributed by atoms with Crippen LogP contribution in [0.1, 0.15) is 5.56 Å². The molecule has 1 aromatic heterocycles. The predicted molar refractivity (Wildman–Crippen MR) is 98.4 cm³/mol. The maximum absolute atomic E-state index is 12.7. The van der Waals surface area contributed by atoms with E-state index < -0.39 is 0 Å². The summed E-state index contributed by atoms with van der Waals surface area (Å²) in [4.78, 5) is 26.4. The van der Waals surface area contributed by atoms with Gasteiger partial charge in [0, 0.05) is 11.9 Å². The maximum atomic E-state index is 12.7. The summed E-state index contributed by atoms with van der Waals surface area (Å²) in [5.41, 5.74) is 2.06. The van der Waals surface area contributed by atoms with Gasteiger partial charge in [0.2, 0.25) is 11.8 Å². The van der Waals surface area contributed by atoms with Crippen molar-refractivity contribution >= 4 is 22.7 Å². The van der Waals surface area contributed by atoms with Gasteiger partial charge in [0.1, 0.15) is 6.54 Å². The van der Waals surface area contributed by atoms with Crippen LogP contribution in [0.25, 0.3) is 10.9 Å². The average molecular weight is 348 g/mol. The molecular weight excluding hydrogens is 328 g/mol. The largest absolute Gasteiger partial charge is 0.350 e. The highest BCUT2D eigenvalue weighted by molar-refractivity contribution is 5.87. The Hall–Kier alpha value is -3.15. The first kappa shape index (κ1) is 16.3. The molecule has 1 aliphatic heterocycles. The predicted octanol–water partition coefficient (Wildman–Crippen LogP) is 1.61. The lowest BCUT2D eigenvalue weighted by molar-refractivity contribution is -0.140. The van der Waals surface area contributed by atoms with Gasteiger partial charge in [0.15, 0.2) is 0 Å². The maximum Gasteiger partial charge on any atom is 0.244 e. The van der Waals surface area contributed by atoms with Crippen molar-refractivity contribution < 1.29 is 9.59 Å². The van der Waals surface area contributed by atoms with Gasteiger partial charge in [-0.05, 0) is 18.1 Å². The first-order valence-electron chi connectivity index (χ1n) is 8.70. The molecule has 1 fully saturated rings. The minimum atomic E-state index is -0.115. The summed E-state index contributed by atoms with van der Waals surface area (Å²) >= 11 is 0. The molecule has 0 saturated carbocycles. The monoisotopic (exact) mass is 348 g/mol. The minimum absolute atomic E-state index is 0.0723. The Morgan fingerprint density at radius 3 is 2.73 bits per heavy atom. The number of amides is 2. The Morgan fingerprint density at radius 2 is 1.88 bits per heavy atom. The zero-order valence-corrected chi connectivity index (χ0v) is 14.3. The first-order chi connectivity index (χ1) is 12.7. The van der Waals surface area contributed by atoms with Gasteiger partial charge in [-0.2, -0.15) is 5.10 Å². The van der Waals surface area contributed by atoms with Gasteiger partial charge in [-0.1, -0.05) is 48.5 Å². The number of aromatic nitrogens is 2. The van der Waals surface area contributed by atoms with Crippen molar-refractivity contribution in [1.29, 1.82) is 0 Å². The molecular formula is C20H20N4O2. The molecule has 1 N–H and O–H groups in total. The minimum Gasteiger partial charge on any atom is -0.350 e. The van der Waals surface area contributed by atoms with Crippen molar-refractivity contribution in [3.63, 3.8) is 0 Å². The van der Waals surface area contributed by atoms with E-state index in [4.69, 9.17) is 0 Å². The van der Waals surface area contributed by atoms with Crippen LogP contribution in [0.15, 0.2) is 60.8 Å². The zero-order chi connectivity index (χ0) is 17.9. The van der Waals surface area contributed by atoms with Crippen LogP contribution in [0, 0.1) is 0 Å². The lowest BCUT2D eigenvalue weighted by Gasteiger charge is -2.33. The van der Waals surface area contributed by atoms with Gasteiger partial charge in [-0.25, -0.2) is 0 Å². The van der Waals surface area contributed by atoms with Gasteiger partial charge >= 0.3 is 0 Å². The standard InChI is InChI=1S/C20H20N4O2/c25-19-13-23(12-17(22-19)10-15-6-2-1-3-7-15)20(26)14-24-18-9-5-4-8-16(18)11-21-24/h1-9,11,17H,10,12-14H2,(H,22,25)/t17-/m0/s1. The highest BCUT2D eigenvalue weighted by Gasteiger charge is 2.28. The van der Waals surface area contributed by atoms with Crippen LogP contribution < -0.4 is 5.32 Å². The van der Waals surface area contributed by atoms with E-state index in [2.05, 4.69) is 10.4 Å². The van der Waals surface area contributed by atoms with Crippen LogP contribution in [-0.4, -0.2) is 45.6 Å². The molecule has 0 spiro atoms. The van der Waals surface area contributed by atoms with E-state index in [1.54, 1.807) is 15.8 Å². The van der Waals surface area contributed by atoms with Crippen molar-refractivity contribution in [2.24, 2.45) is 0 Å². The number of nitrogens with one attached hydrogen (secondary N) is 1. The fourth-order valence-electron chi connectivity index (χ4n) is 3.41. The molecule has 132 valence electrons. The third-order valence-electron chi connectivity index (χ3n) is 4.65. The SMILES string of the molecule is O=C1CN(C(=O)Cn2ncc3ccccc32)C[C@H](Cc2ccccc2)N1. The fraction of sp³-hybridized carbons (Fsp3) is 0.250. The van der Waals surface area contributed by atoms with Gasteiger partial charge in [-0.3, -0.25) is 14.3 Å². The summed E-state index contributed by atoms with van der Waals surface area (Å²) in [5, 5.41) is 8.29. The van der Waals surface area contributed by atoms with Crippen LogP contribution >= 0.6 is 0 Å². The van der Waals surface area contributed by atoms with Crippen LogP contribution in [0.4, 0.5) is 0 Å². The van der Waals surface area contributed by atoms with Crippen molar-refractivity contribution in [3.8, 4) is 0 Å². The molecule has 0 bridgehead atoms. The number of hydrogen-bond acceptors (Lipinski definition) is 3. The Labute approximate surface area is 151 Å². The van der Waals surface area contributed by atoms with Crippen molar-refractivity contribution in [2.75, 3.05) is 13.1 Å². The number of nitrogens with zero attached hydrogens (tertiary/aromatic N) is 3. The average Bonchev–Trinajstić information content (AvgIpc) is 3.05. The number of rotatable bonds is 4. The molecule has 2 aromatic carbocycles. The Morgan fingerprint density at radius 1 is 1.12 bits per heavy atom. The molecule has 3 aromatic rings. The number of fused-ring (bicyclic) bond motifs is 1. The zero-order valence-electron chi connectivity index (χ0n) is 14.3. The van der Waals surface area contributed by atoms with E-state index in [9.17, 15) is 9.59 Å². The lowest BCUT2D eigenvalue weighted by Crippen LogP contribution is -2.57. The Kier molecular flexibility index (Phi) is 4.39. The summed E-state index contributed by atoms with van der Waals surface area (Å²) in [6.45, 7) is 0.751. The van der Waals surface area contributed by atoms with Gasteiger partial charge in [0.25, 0.3) is 0 Å². The number of para-hydroxylation sites is 1. The second kappa shape index (κ2) is 7.00. The highest BCUT2D eigenvalue weighted by atomic mass is 16.2. The molecule has 1 saturated heterocycles. The van der Waals surface area contributed by atoms with E-state index in [1.807, 2.05) is 54.6 Å². The summed E-state index contributed by atoms with van der Waals surface area (Å²) in [7, 11) is 0. The van der Waals surface area contributed by atoms with Crippen LogP contribution in [0.5, 0.6) is 0 Å². The summed E-state index contributed by atoms with van der Waals surface area (Å²) in [6, 6.07) is 17.7. The molecule has 6 heteroatoms. The van der Waals surface area contributed by atoms with Crippen molar-refractivity contribution in [1.82, 2.24) is 20.0 Å². The smallest absolute Gasteiger partial charge is 0.244 e. The third kappa shape index (κ3) is 3.44. The normalized spacial score (nSPS) is 17.3.